The lowest BCUT2D eigenvalue weighted by molar-refractivity contribution is -0.317. The first kappa shape index (κ1) is 28.2. The van der Waals surface area contributed by atoms with Crippen LogP contribution in [-0.2, 0) is 50.1 Å². The van der Waals surface area contributed by atoms with Gasteiger partial charge in [-0.3, -0.25) is 0 Å². The Hall–Kier alpha value is -3.36. The van der Waals surface area contributed by atoms with Crippen LogP contribution in [0.15, 0.2) is 121 Å². The molecule has 208 valence electrons. The molecule has 0 saturated carbocycles. The van der Waals surface area contributed by atoms with E-state index in [0.29, 0.717) is 26.4 Å². The minimum absolute atomic E-state index is 0.224. The highest BCUT2D eigenvalue weighted by Gasteiger charge is 2.48. The molecule has 1 unspecified atom stereocenters. The number of aliphatic hydroxyl groups is 1. The number of hydrogen-bond acceptors (Lipinski definition) is 6. The molecule has 1 fully saturated rings. The summed E-state index contributed by atoms with van der Waals surface area (Å²) in [5.41, 5.74) is 4.10. The Morgan fingerprint density at radius 3 is 1.30 bits per heavy atom. The van der Waals surface area contributed by atoms with Crippen molar-refractivity contribution in [3.05, 3.63) is 144 Å². The summed E-state index contributed by atoms with van der Waals surface area (Å²) < 4.78 is 31.4. The van der Waals surface area contributed by atoms with Crippen LogP contribution in [0.4, 0.5) is 0 Å². The van der Waals surface area contributed by atoms with E-state index in [1.165, 1.54) is 0 Å². The van der Waals surface area contributed by atoms with Crippen LogP contribution in [0.2, 0.25) is 0 Å². The highest BCUT2D eigenvalue weighted by Crippen LogP contribution is 2.30. The second-order valence-corrected chi connectivity index (χ2v) is 9.85. The van der Waals surface area contributed by atoms with Crippen molar-refractivity contribution < 1.29 is 28.8 Å². The number of benzene rings is 4. The van der Waals surface area contributed by atoms with E-state index in [1.54, 1.807) is 0 Å². The highest BCUT2D eigenvalue weighted by molar-refractivity contribution is 5.16. The molecule has 1 heterocycles. The summed E-state index contributed by atoms with van der Waals surface area (Å²) in [7, 11) is 0. The Bertz CT molecular complexity index is 1240. The number of ether oxygens (including phenoxy) is 5. The average molecular weight is 541 g/mol. The molecule has 1 aliphatic heterocycles. The molecule has 40 heavy (non-hydrogen) atoms. The fourth-order valence-electron chi connectivity index (χ4n) is 4.77. The average Bonchev–Trinajstić information content (AvgIpc) is 3.01. The largest absolute Gasteiger partial charge is 0.374 e. The maximum absolute atomic E-state index is 11.2. The van der Waals surface area contributed by atoms with Gasteiger partial charge in [-0.2, -0.15) is 0 Å². The lowest BCUT2D eigenvalue weighted by Crippen LogP contribution is -2.61. The first-order chi connectivity index (χ1) is 19.8. The van der Waals surface area contributed by atoms with E-state index in [-0.39, 0.29) is 6.61 Å². The summed E-state index contributed by atoms with van der Waals surface area (Å²) in [6.07, 6.45) is -3.72. The molecule has 6 heteroatoms. The van der Waals surface area contributed by atoms with E-state index >= 15 is 0 Å². The van der Waals surface area contributed by atoms with Gasteiger partial charge in [-0.25, -0.2) is 0 Å². The van der Waals surface area contributed by atoms with Crippen molar-refractivity contribution in [2.45, 2.75) is 57.1 Å². The second kappa shape index (κ2) is 14.9. The van der Waals surface area contributed by atoms with E-state index in [0.717, 1.165) is 22.3 Å². The zero-order valence-corrected chi connectivity index (χ0v) is 22.5. The van der Waals surface area contributed by atoms with E-state index in [9.17, 15) is 5.11 Å². The van der Waals surface area contributed by atoms with Crippen LogP contribution >= 0.6 is 0 Å². The second-order valence-electron chi connectivity index (χ2n) is 9.85. The summed E-state index contributed by atoms with van der Waals surface area (Å²) in [5.74, 6) is 0. The summed E-state index contributed by atoms with van der Waals surface area (Å²) in [4.78, 5) is 0. The third-order valence-corrected chi connectivity index (χ3v) is 6.86. The van der Waals surface area contributed by atoms with E-state index in [4.69, 9.17) is 23.7 Å². The zero-order chi connectivity index (χ0) is 27.4. The Balaban J connectivity index is 1.36. The Labute approximate surface area is 236 Å². The maximum Gasteiger partial charge on any atom is 0.184 e. The fourth-order valence-corrected chi connectivity index (χ4v) is 4.77. The molecule has 0 spiro atoms. The normalized spacial score (nSPS) is 22.7. The Morgan fingerprint density at radius 2 is 0.850 bits per heavy atom. The molecule has 0 aliphatic carbocycles. The molecule has 1 aliphatic rings. The van der Waals surface area contributed by atoms with E-state index in [1.807, 2.05) is 121 Å². The van der Waals surface area contributed by atoms with Crippen LogP contribution in [-0.4, -0.2) is 42.4 Å². The quantitative estimate of drug-likeness (QED) is 0.236. The third kappa shape index (κ3) is 8.08. The predicted molar refractivity (Wildman–Crippen MR) is 152 cm³/mol. The van der Waals surface area contributed by atoms with Gasteiger partial charge in [-0.05, 0) is 22.3 Å². The highest BCUT2D eigenvalue weighted by atomic mass is 16.7. The van der Waals surface area contributed by atoms with Gasteiger partial charge >= 0.3 is 0 Å². The molecule has 0 aromatic heterocycles. The Kier molecular flexibility index (Phi) is 10.5. The van der Waals surface area contributed by atoms with E-state index < -0.39 is 30.7 Å². The fraction of sp³-hybridized carbons (Fsp3) is 0.294. The predicted octanol–water partition coefficient (Wildman–Crippen LogP) is 5.68. The SMILES string of the molecule is O[C@H]1OC(COCc2ccccc2)[C@H](OCc2ccccc2)[C@H](OCc2ccccc2)[C@@H]1OCc1ccccc1. The Morgan fingerprint density at radius 1 is 0.475 bits per heavy atom. The van der Waals surface area contributed by atoms with Gasteiger partial charge in [-0.1, -0.05) is 121 Å². The van der Waals surface area contributed by atoms with Gasteiger partial charge in [0, 0.05) is 0 Å². The van der Waals surface area contributed by atoms with Gasteiger partial charge < -0.3 is 28.8 Å². The molecule has 0 radical (unpaired) electrons. The van der Waals surface area contributed by atoms with Crippen molar-refractivity contribution in [1.82, 2.24) is 0 Å². The molecular formula is C34H36O6. The summed E-state index contributed by atoms with van der Waals surface area (Å²) in [6.45, 7) is 1.65. The van der Waals surface area contributed by atoms with Crippen LogP contribution in [0.5, 0.6) is 0 Å². The minimum atomic E-state index is -1.22. The summed E-state index contributed by atoms with van der Waals surface area (Å²) in [6, 6.07) is 39.7. The molecule has 1 saturated heterocycles. The lowest BCUT2D eigenvalue weighted by atomic mass is 9.98. The third-order valence-electron chi connectivity index (χ3n) is 6.86. The van der Waals surface area contributed by atoms with Crippen molar-refractivity contribution >= 4 is 0 Å². The molecule has 4 aromatic rings. The molecule has 4 aromatic carbocycles. The summed E-state index contributed by atoms with van der Waals surface area (Å²) >= 11 is 0. The van der Waals surface area contributed by atoms with Crippen molar-refractivity contribution in [1.29, 1.82) is 0 Å². The van der Waals surface area contributed by atoms with Gasteiger partial charge in [0.2, 0.25) is 0 Å². The minimum Gasteiger partial charge on any atom is -0.374 e. The van der Waals surface area contributed by atoms with Gasteiger partial charge in [0.05, 0.1) is 33.0 Å². The van der Waals surface area contributed by atoms with Gasteiger partial charge in [0.25, 0.3) is 0 Å². The molecule has 0 amide bonds. The number of rotatable bonds is 13. The molecule has 6 nitrogen and oxygen atoms in total. The number of hydrogen-bond donors (Lipinski definition) is 1. The van der Waals surface area contributed by atoms with Crippen LogP contribution in [0.3, 0.4) is 0 Å². The first-order valence-electron chi connectivity index (χ1n) is 13.7. The molecule has 1 N–H and O–H groups in total. The van der Waals surface area contributed by atoms with Crippen LogP contribution in [0.1, 0.15) is 22.3 Å². The maximum atomic E-state index is 11.2. The van der Waals surface area contributed by atoms with Gasteiger partial charge in [0.15, 0.2) is 6.29 Å². The van der Waals surface area contributed by atoms with E-state index in [2.05, 4.69) is 0 Å². The van der Waals surface area contributed by atoms with Crippen LogP contribution in [0.25, 0.3) is 0 Å². The van der Waals surface area contributed by atoms with Crippen molar-refractivity contribution in [3.63, 3.8) is 0 Å². The molecule has 0 bridgehead atoms. The molecule has 5 atom stereocenters. The topological polar surface area (TPSA) is 66.4 Å². The van der Waals surface area contributed by atoms with Gasteiger partial charge in [0.1, 0.15) is 24.4 Å². The van der Waals surface area contributed by atoms with Crippen LogP contribution in [0, 0.1) is 0 Å². The molecule has 5 rings (SSSR count). The zero-order valence-electron chi connectivity index (χ0n) is 22.5. The lowest BCUT2D eigenvalue weighted by Gasteiger charge is -2.44. The monoisotopic (exact) mass is 540 g/mol. The van der Waals surface area contributed by atoms with Crippen LogP contribution < -0.4 is 0 Å². The number of aliphatic hydroxyl groups excluding tert-OH is 1. The summed E-state index contributed by atoms with van der Waals surface area (Å²) in [5, 5.41) is 11.2. The van der Waals surface area contributed by atoms with Crippen molar-refractivity contribution in [2.75, 3.05) is 6.61 Å². The first-order valence-corrected chi connectivity index (χ1v) is 13.7. The van der Waals surface area contributed by atoms with Crippen molar-refractivity contribution in [2.24, 2.45) is 0 Å². The van der Waals surface area contributed by atoms with Gasteiger partial charge in [-0.15, -0.1) is 0 Å². The standard InChI is InChI=1S/C34H36O6/c35-34-33(39-24-29-19-11-4-12-20-29)32(38-23-28-17-9-3-10-18-28)31(37-22-27-15-7-2-8-16-27)30(40-34)25-36-21-26-13-5-1-6-14-26/h1-20,30-35H,21-25H2/t30?,31-,32-,33-,34-/m0/s1. The smallest absolute Gasteiger partial charge is 0.184 e. The van der Waals surface area contributed by atoms with Crippen molar-refractivity contribution in [3.8, 4) is 0 Å². The molecular weight excluding hydrogens is 504 g/mol.